The van der Waals surface area contributed by atoms with Crippen molar-refractivity contribution in [1.29, 1.82) is 5.26 Å². The van der Waals surface area contributed by atoms with Gasteiger partial charge in [-0.15, -0.1) is 0 Å². The van der Waals surface area contributed by atoms with Crippen LogP contribution in [-0.2, 0) is 11.8 Å². The fourth-order valence-electron chi connectivity index (χ4n) is 3.07. The summed E-state index contributed by atoms with van der Waals surface area (Å²) in [6.07, 6.45) is 1.48. The van der Waals surface area contributed by atoms with Gasteiger partial charge in [-0.25, -0.2) is 0 Å². The van der Waals surface area contributed by atoms with Gasteiger partial charge in [0.25, 0.3) is 11.5 Å². The number of amides is 1. The lowest BCUT2D eigenvalue weighted by Gasteiger charge is -2.14. The van der Waals surface area contributed by atoms with Crippen LogP contribution in [0, 0.1) is 32.1 Å². The first-order chi connectivity index (χ1) is 13.2. The monoisotopic (exact) mass is 376 g/mol. The topological polar surface area (TPSA) is 98.7 Å². The van der Waals surface area contributed by atoms with E-state index in [4.69, 9.17) is 0 Å². The predicted molar refractivity (Wildman–Crippen MR) is 107 cm³/mol. The minimum Gasteiger partial charge on any atom is -0.494 e. The Morgan fingerprint density at radius 3 is 2.43 bits per heavy atom. The van der Waals surface area contributed by atoms with E-state index in [9.17, 15) is 20.0 Å². The van der Waals surface area contributed by atoms with Crippen LogP contribution in [-0.4, -0.2) is 21.3 Å². The minimum atomic E-state index is -0.584. The predicted octanol–water partition coefficient (Wildman–Crippen LogP) is 2.69. The van der Waals surface area contributed by atoms with Crippen molar-refractivity contribution in [3.63, 3.8) is 0 Å². The number of aromatic hydroxyl groups is 1. The zero-order valence-corrected chi connectivity index (χ0v) is 16.4. The Labute approximate surface area is 162 Å². The van der Waals surface area contributed by atoms with Crippen LogP contribution < -0.4 is 10.6 Å². The number of hydrogen-bond donors (Lipinski definition) is 1. The highest BCUT2D eigenvalue weighted by molar-refractivity contribution is 6.32. The van der Waals surface area contributed by atoms with E-state index in [1.54, 1.807) is 13.8 Å². The van der Waals surface area contributed by atoms with E-state index in [1.807, 2.05) is 38.1 Å². The molecule has 0 radical (unpaired) electrons. The largest absolute Gasteiger partial charge is 0.494 e. The molecule has 142 valence electrons. The van der Waals surface area contributed by atoms with Gasteiger partial charge in [0.05, 0.1) is 17.0 Å². The normalized spacial score (nSPS) is 15.1. The molecule has 1 aliphatic heterocycles. The minimum absolute atomic E-state index is 0.0711. The Hall–Kier alpha value is -3.66. The fourth-order valence-corrected chi connectivity index (χ4v) is 3.07. The highest BCUT2D eigenvalue weighted by Crippen LogP contribution is 2.29. The van der Waals surface area contributed by atoms with Gasteiger partial charge in [0.15, 0.2) is 0 Å². The van der Waals surface area contributed by atoms with Gasteiger partial charge < -0.3 is 5.11 Å². The first-order valence-electron chi connectivity index (χ1n) is 8.69. The third-order valence-corrected chi connectivity index (χ3v) is 5.05. The van der Waals surface area contributed by atoms with Gasteiger partial charge in [-0.2, -0.15) is 15.4 Å². The maximum atomic E-state index is 13.0. The molecule has 7 nitrogen and oxygen atoms in total. The molecule has 2 heterocycles. The number of benzene rings is 1. The molecule has 1 aliphatic rings. The van der Waals surface area contributed by atoms with E-state index in [2.05, 4.69) is 5.10 Å². The van der Waals surface area contributed by atoms with Crippen LogP contribution >= 0.6 is 0 Å². The van der Waals surface area contributed by atoms with Gasteiger partial charge >= 0.3 is 0 Å². The summed E-state index contributed by atoms with van der Waals surface area (Å²) in [5, 5.41) is 25.3. The standard InChI is InChI=1S/C21H20N4O3/c1-11-6-7-15(8-12(11)2)25-21(28)17(14(4)23-25)9-16-13(3)18(10-22)20(27)24(5)19(16)26/h6-9,26H,1-5H3/b17-9+. The van der Waals surface area contributed by atoms with Crippen LogP contribution in [0.15, 0.2) is 33.7 Å². The fraction of sp³-hybridized carbons (Fsp3) is 0.238. The number of pyridine rings is 1. The molecule has 7 heteroatoms. The lowest BCUT2D eigenvalue weighted by atomic mass is 10.0. The van der Waals surface area contributed by atoms with E-state index in [0.29, 0.717) is 22.5 Å². The molecular formula is C21H20N4O3. The SMILES string of the molecule is CC1=NN(c2ccc(C)c(C)c2)C(=O)/C1=C/c1c(C)c(C#N)c(=O)n(C)c1O. The molecular weight excluding hydrogens is 356 g/mol. The molecule has 0 bridgehead atoms. The summed E-state index contributed by atoms with van der Waals surface area (Å²) in [5.74, 6) is -0.647. The summed E-state index contributed by atoms with van der Waals surface area (Å²) in [7, 11) is 1.37. The van der Waals surface area contributed by atoms with Crippen LogP contribution in [0.25, 0.3) is 6.08 Å². The molecule has 0 saturated carbocycles. The van der Waals surface area contributed by atoms with Gasteiger partial charge in [0.1, 0.15) is 11.6 Å². The zero-order chi connectivity index (χ0) is 20.7. The van der Waals surface area contributed by atoms with Crippen molar-refractivity contribution in [3.05, 3.63) is 61.9 Å². The Kier molecular flexibility index (Phi) is 4.65. The molecule has 28 heavy (non-hydrogen) atoms. The number of hydrogen-bond acceptors (Lipinski definition) is 5. The second kappa shape index (κ2) is 6.82. The van der Waals surface area contributed by atoms with Gasteiger partial charge in [0.2, 0.25) is 5.88 Å². The summed E-state index contributed by atoms with van der Waals surface area (Å²) in [6.45, 7) is 7.22. The highest BCUT2D eigenvalue weighted by atomic mass is 16.3. The first kappa shape index (κ1) is 19.1. The Bertz CT molecular complexity index is 1180. The number of anilines is 1. The van der Waals surface area contributed by atoms with Gasteiger partial charge in [-0.1, -0.05) is 6.07 Å². The van der Waals surface area contributed by atoms with E-state index in [1.165, 1.54) is 18.1 Å². The molecule has 2 aromatic rings. The molecule has 1 aromatic heterocycles. The van der Waals surface area contributed by atoms with Gasteiger partial charge in [-0.05, 0) is 62.6 Å². The van der Waals surface area contributed by atoms with E-state index in [0.717, 1.165) is 15.7 Å². The second-order valence-electron chi connectivity index (χ2n) is 6.84. The molecule has 1 aromatic carbocycles. The van der Waals surface area contributed by atoms with Gasteiger partial charge in [0, 0.05) is 12.6 Å². The summed E-state index contributed by atoms with van der Waals surface area (Å²) >= 11 is 0. The third kappa shape index (κ3) is 2.89. The summed E-state index contributed by atoms with van der Waals surface area (Å²) in [5.41, 5.74) is 3.49. The third-order valence-electron chi connectivity index (χ3n) is 5.05. The first-order valence-corrected chi connectivity index (χ1v) is 8.69. The van der Waals surface area contributed by atoms with Crippen LogP contribution in [0.1, 0.15) is 34.7 Å². The van der Waals surface area contributed by atoms with Crippen molar-refractivity contribution in [2.75, 3.05) is 5.01 Å². The van der Waals surface area contributed by atoms with Crippen molar-refractivity contribution >= 4 is 23.4 Å². The molecule has 1 amide bonds. The molecule has 0 fully saturated rings. The Balaban J connectivity index is 2.13. The highest BCUT2D eigenvalue weighted by Gasteiger charge is 2.30. The number of nitriles is 1. The summed E-state index contributed by atoms with van der Waals surface area (Å²) in [6, 6.07) is 7.50. The number of hydrazone groups is 1. The lowest BCUT2D eigenvalue weighted by molar-refractivity contribution is -0.114. The van der Waals surface area contributed by atoms with Gasteiger partial charge in [-0.3, -0.25) is 14.2 Å². The van der Waals surface area contributed by atoms with E-state index >= 15 is 0 Å². The molecule has 0 spiro atoms. The van der Waals surface area contributed by atoms with Crippen LogP contribution in [0.2, 0.25) is 0 Å². The average Bonchev–Trinajstić information content (AvgIpc) is 2.94. The average molecular weight is 376 g/mol. The summed E-state index contributed by atoms with van der Waals surface area (Å²) in [4.78, 5) is 25.1. The Morgan fingerprint density at radius 1 is 1.14 bits per heavy atom. The number of aromatic nitrogens is 1. The number of nitrogens with zero attached hydrogens (tertiary/aromatic N) is 4. The van der Waals surface area contributed by atoms with E-state index in [-0.39, 0.29) is 22.9 Å². The quantitative estimate of drug-likeness (QED) is 0.815. The van der Waals surface area contributed by atoms with Crippen molar-refractivity contribution in [1.82, 2.24) is 4.57 Å². The number of carbonyl (C=O) groups is 1. The second-order valence-corrected chi connectivity index (χ2v) is 6.84. The Morgan fingerprint density at radius 2 is 1.82 bits per heavy atom. The molecule has 0 unspecified atom stereocenters. The van der Waals surface area contributed by atoms with Crippen LogP contribution in [0.3, 0.4) is 0 Å². The molecule has 0 atom stereocenters. The van der Waals surface area contributed by atoms with Crippen molar-refractivity contribution in [2.24, 2.45) is 12.1 Å². The van der Waals surface area contributed by atoms with Crippen LogP contribution in [0.4, 0.5) is 5.69 Å². The molecule has 0 saturated heterocycles. The molecule has 0 aliphatic carbocycles. The molecule has 1 N–H and O–H groups in total. The van der Waals surface area contributed by atoms with Crippen molar-refractivity contribution in [3.8, 4) is 11.9 Å². The zero-order valence-electron chi connectivity index (χ0n) is 16.4. The summed E-state index contributed by atoms with van der Waals surface area (Å²) < 4.78 is 0.991. The molecule has 3 rings (SSSR count). The van der Waals surface area contributed by atoms with Crippen molar-refractivity contribution in [2.45, 2.75) is 27.7 Å². The smallest absolute Gasteiger partial charge is 0.280 e. The van der Waals surface area contributed by atoms with Crippen molar-refractivity contribution < 1.29 is 9.90 Å². The lowest BCUT2D eigenvalue weighted by Crippen LogP contribution is -2.23. The van der Waals surface area contributed by atoms with Crippen LogP contribution in [0.5, 0.6) is 5.88 Å². The van der Waals surface area contributed by atoms with E-state index < -0.39 is 5.56 Å². The maximum Gasteiger partial charge on any atom is 0.280 e. The maximum absolute atomic E-state index is 13.0. The number of rotatable bonds is 2. The number of carbonyl (C=O) groups excluding carboxylic acids is 1. The number of aryl methyl sites for hydroxylation is 2.